The Balaban J connectivity index is 0.000000782. The molecule has 1 heterocycles. The molecule has 2 aromatic rings. The molecule has 3 atom stereocenters. The summed E-state index contributed by atoms with van der Waals surface area (Å²) >= 11 is 0. The normalized spacial score (nSPS) is 16.5. The molecule has 1 aliphatic heterocycles. The van der Waals surface area contributed by atoms with E-state index in [1.54, 1.807) is 31.4 Å². The second-order valence-electron chi connectivity index (χ2n) is 9.54. The van der Waals surface area contributed by atoms with Crippen molar-refractivity contribution in [1.29, 1.82) is 0 Å². The van der Waals surface area contributed by atoms with Crippen LogP contribution in [0.3, 0.4) is 0 Å². The maximum atomic E-state index is 12.7. The summed E-state index contributed by atoms with van der Waals surface area (Å²) in [6, 6.07) is 13.5. The number of hydrogen-bond donors (Lipinski definition) is 5. The summed E-state index contributed by atoms with van der Waals surface area (Å²) in [6.45, 7) is 2.01. The molecule has 0 saturated carbocycles. The van der Waals surface area contributed by atoms with Gasteiger partial charge in [-0.25, -0.2) is 9.59 Å². The molecule has 0 spiro atoms. The molecule has 2 amide bonds. The van der Waals surface area contributed by atoms with Crippen LogP contribution in [0.4, 0.5) is 22.4 Å². The molecule has 0 aliphatic carbocycles. The van der Waals surface area contributed by atoms with E-state index in [2.05, 4.69) is 10.6 Å². The number of hydrogen-bond acceptors (Lipinski definition) is 7. The van der Waals surface area contributed by atoms with Gasteiger partial charge >= 0.3 is 18.2 Å². The van der Waals surface area contributed by atoms with E-state index in [-0.39, 0.29) is 6.67 Å². The fraction of sp³-hybridized carbons (Fsp3) is 0.500. The van der Waals surface area contributed by atoms with Crippen molar-refractivity contribution in [2.45, 2.75) is 50.2 Å². The molecular weight excluding hydrogens is 566 g/mol. The van der Waals surface area contributed by atoms with Crippen LogP contribution in [0, 0.1) is 0 Å². The summed E-state index contributed by atoms with van der Waals surface area (Å²) in [4.78, 5) is 23.6. The Morgan fingerprint density at radius 2 is 1.69 bits per heavy atom. The lowest BCUT2D eigenvalue weighted by Crippen LogP contribution is -2.50. The zero-order chi connectivity index (χ0) is 31.1. The molecule has 0 aromatic heterocycles. The smallest absolute Gasteiger partial charge is 0.490 e. The number of ether oxygens (including phenoxy) is 2. The van der Waals surface area contributed by atoms with Crippen molar-refractivity contribution in [2.75, 3.05) is 40.0 Å². The number of likely N-dealkylation sites (tertiary alicyclic amines) is 1. The lowest BCUT2D eigenvalue weighted by molar-refractivity contribution is -0.192. The van der Waals surface area contributed by atoms with Gasteiger partial charge in [-0.15, -0.1) is 0 Å². The molecule has 0 radical (unpaired) electrons. The van der Waals surface area contributed by atoms with Crippen molar-refractivity contribution in [3.05, 3.63) is 59.7 Å². The second-order valence-corrected chi connectivity index (χ2v) is 9.54. The van der Waals surface area contributed by atoms with Crippen LogP contribution in [0.1, 0.15) is 36.5 Å². The van der Waals surface area contributed by atoms with E-state index in [1.165, 1.54) is 0 Å². The Bertz CT molecular complexity index is 1090. The van der Waals surface area contributed by atoms with Crippen LogP contribution >= 0.6 is 0 Å². The number of methoxy groups -OCH3 is 1. The SMILES string of the molecule is COc1ccc(CNC(=O)N[C@H](CN2CCC(O)C2)[C@H](O)c2ccc(OCCCCF)cc2)cc1.O=C(O)C(F)(F)F. The number of rotatable bonds is 13. The van der Waals surface area contributed by atoms with E-state index in [0.29, 0.717) is 63.4 Å². The molecule has 5 N–H and O–H groups in total. The number of β-amino-alcohol motifs (C(OH)–C–C–N with tert-alkyl or cyclic N) is 1. The molecule has 14 heteroatoms. The van der Waals surface area contributed by atoms with Gasteiger partial charge in [0.15, 0.2) is 0 Å². The zero-order valence-corrected chi connectivity index (χ0v) is 23.1. The number of nitrogens with zero attached hydrogens (tertiary/aromatic N) is 1. The van der Waals surface area contributed by atoms with E-state index in [1.807, 2.05) is 29.2 Å². The number of benzene rings is 2. The molecule has 42 heavy (non-hydrogen) atoms. The van der Waals surface area contributed by atoms with Gasteiger partial charge in [-0.05, 0) is 54.7 Å². The van der Waals surface area contributed by atoms with Crippen LogP contribution < -0.4 is 20.1 Å². The highest BCUT2D eigenvalue weighted by Gasteiger charge is 2.38. The van der Waals surface area contributed by atoms with Crippen molar-refractivity contribution in [3.8, 4) is 11.5 Å². The Hall–Kier alpha value is -3.62. The van der Waals surface area contributed by atoms with E-state index < -0.39 is 36.4 Å². The number of carbonyl (C=O) groups excluding carboxylic acids is 1. The van der Waals surface area contributed by atoms with E-state index >= 15 is 0 Å². The average molecular weight is 604 g/mol. The highest BCUT2D eigenvalue weighted by atomic mass is 19.4. The monoisotopic (exact) mass is 603 g/mol. The first-order valence-corrected chi connectivity index (χ1v) is 13.3. The van der Waals surface area contributed by atoms with Crippen molar-refractivity contribution < 1.29 is 51.9 Å². The lowest BCUT2D eigenvalue weighted by atomic mass is 10.0. The van der Waals surface area contributed by atoms with Gasteiger partial charge in [-0.2, -0.15) is 13.2 Å². The number of carboxylic acids is 1. The Morgan fingerprint density at radius 3 is 2.21 bits per heavy atom. The largest absolute Gasteiger partial charge is 0.497 e. The first kappa shape index (κ1) is 34.6. The highest BCUT2D eigenvalue weighted by Crippen LogP contribution is 2.23. The molecule has 234 valence electrons. The number of aliphatic hydroxyl groups excluding tert-OH is 2. The third-order valence-electron chi connectivity index (χ3n) is 6.27. The molecule has 3 rings (SSSR count). The van der Waals surface area contributed by atoms with Gasteiger partial charge in [0.05, 0.1) is 32.5 Å². The fourth-order valence-corrected chi connectivity index (χ4v) is 4.01. The number of unbranched alkanes of at least 4 members (excludes halogenated alkanes) is 1. The standard InChI is InChI=1S/C26H36FN3O5.C2HF3O2/c1-34-22-8-4-19(5-9-22)16-28-26(33)29-24(18-30-14-12-21(31)17-30)25(32)20-6-10-23(11-7-20)35-15-3-2-13-27;3-2(4,5)1(6)7/h4-11,21,24-25,31-32H,2-3,12-18H2,1H3,(H2,28,29,33);(H,6,7)/t21?,24-,25-;/m1./s1. The second kappa shape index (κ2) is 17.4. The Kier molecular flexibility index (Phi) is 14.3. The van der Waals surface area contributed by atoms with Crippen molar-refractivity contribution in [3.63, 3.8) is 0 Å². The van der Waals surface area contributed by atoms with Gasteiger partial charge in [0.1, 0.15) is 17.6 Å². The maximum absolute atomic E-state index is 12.7. The fourth-order valence-electron chi connectivity index (χ4n) is 4.01. The summed E-state index contributed by atoms with van der Waals surface area (Å²) in [6.07, 6.45) is -4.66. The molecule has 2 aromatic carbocycles. The number of aliphatic hydroxyl groups is 2. The number of urea groups is 1. The number of alkyl halides is 4. The number of amides is 2. The maximum Gasteiger partial charge on any atom is 0.490 e. The van der Waals surface area contributed by atoms with Crippen LogP contribution in [0.15, 0.2) is 48.5 Å². The first-order valence-electron chi connectivity index (χ1n) is 13.3. The summed E-state index contributed by atoms with van der Waals surface area (Å²) in [5.74, 6) is -1.37. The number of carbonyl (C=O) groups is 2. The van der Waals surface area contributed by atoms with Crippen LogP contribution in [-0.2, 0) is 11.3 Å². The topological polar surface area (TPSA) is 141 Å². The minimum absolute atomic E-state index is 0.329. The molecular formula is C28H37F4N3O7. The lowest BCUT2D eigenvalue weighted by Gasteiger charge is -2.29. The number of nitrogens with one attached hydrogen (secondary N) is 2. The highest BCUT2D eigenvalue weighted by molar-refractivity contribution is 5.74. The minimum atomic E-state index is -5.08. The van der Waals surface area contributed by atoms with Crippen molar-refractivity contribution in [2.24, 2.45) is 0 Å². The molecule has 1 aliphatic rings. The van der Waals surface area contributed by atoms with Crippen molar-refractivity contribution >= 4 is 12.0 Å². The number of aliphatic carboxylic acids is 1. The predicted molar refractivity (Wildman–Crippen MR) is 145 cm³/mol. The summed E-state index contributed by atoms with van der Waals surface area (Å²) in [5, 5.41) is 33.8. The first-order chi connectivity index (χ1) is 19.9. The van der Waals surface area contributed by atoms with Crippen LogP contribution in [0.25, 0.3) is 0 Å². The van der Waals surface area contributed by atoms with Crippen LogP contribution in [-0.4, -0.2) is 90.6 Å². The van der Waals surface area contributed by atoms with E-state index in [9.17, 15) is 32.6 Å². The number of carboxylic acid groups (broad SMARTS) is 1. The average Bonchev–Trinajstić information content (AvgIpc) is 3.38. The van der Waals surface area contributed by atoms with Gasteiger partial charge in [-0.3, -0.25) is 9.29 Å². The van der Waals surface area contributed by atoms with Crippen LogP contribution in [0.2, 0.25) is 0 Å². The third kappa shape index (κ3) is 12.5. The zero-order valence-electron chi connectivity index (χ0n) is 23.1. The molecule has 1 fully saturated rings. The van der Waals surface area contributed by atoms with Gasteiger partial charge in [-0.1, -0.05) is 24.3 Å². The minimum Gasteiger partial charge on any atom is -0.497 e. The van der Waals surface area contributed by atoms with Crippen molar-refractivity contribution in [1.82, 2.24) is 15.5 Å². The summed E-state index contributed by atoms with van der Waals surface area (Å²) in [5.41, 5.74) is 1.56. The van der Waals surface area contributed by atoms with Gasteiger partial charge in [0, 0.05) is 26.2 Å². The van der Waals surface area contributed by atoms with Crippen LogP contribution in [0.5, 0.6) is 11.5 Å². The third-order valence-corrected chi connectivity index (χ3v) is 6.27. The Labute approximate surface area is 241 Å². The number of halogens is 4. The summed E-state index contributed by atoms with van der Waals surface area (Å²) in [7, 11) is 1.60. The molecule has 0 bridgehead atoms. The van der Waals surface area contributed by atoms with E-state index in [4.69, 9.17) is 19.4 Å². The Morgan fingerprint density at radius 1 is 1.07 bits per heavy atom. The van der Waals surface area contributed by atoms with E-state index in [0.717, 1.165) is 11.3 Å². The van der Waals surface area contributed by atoms with Gasteiger partial charge in [0.2, 0.25) is 0 Å². The molecule has 10 nitrogen and oxygen atoms in total. The van der Waals surface area contributed by atoms with Gasteiger partial charge in [0.25, 0.3) is 0 Å². The van der Waals surface area contributed by atoms with Gasteiger partial charge < -0.3 is 35.4 Å². The molecule has 1 unspecified atom stereocenters. The molecule has 1 saturated heterocycles. The summed E-state index contributed by atoms with van der Waals surface area (Å²) < 4.78 is 54.7. The predicted octanol–water partition coefficient (Wildman–Crippen LogP) is 3.43. The quantitative estimate of drug-likeness (QED) is 0.173.